The van der Waals surface area contributed by atoms with Crippen LogP contribution in [0.5, 0.6) is 0 Å². The van der Waals surface area contributed by atoms with Crippen molar-refractivity contribution < 1.29 is 9.90 Å². The summed E-state index contributed by atoms with van der Waals surface area (Å²) >= 11 is 0. The minimum atomic E-state index is -0.957. The van der Waals surface area contributed by atoms with Gasteiger partial charge in [0.25, 0.3) is 0 Å². The van der Waals surface area contributed by atoms with Gasteiger partial charge in [0, 0.05) is 5.70 Å². The quantitative estimate of drug-likeness (QED) is 0.872. The topological polar surface area (TPSA) is 80.0 Å². The molecule has 1 aromatic heterocycles. The smallest absolute Gasteiger partial charge is 0.335 e. The number of aliphatic carboxylic acids is 1. The lowest BCUT2D eigenvalue weighted by Gasteiger charge is -2.27. The van der Waals surface area contributed by atoms with Crippen LogP contribution < -0.4 is 5.32 Å². The summed E-state index contributed by atoms with van der Waals surface area (Å²) < 4.78 is 1.60. The van der Waals surface area contributed by atoms with Gasteiger partial charge in [-0.2, -0.15) is 10.1 Å². The van der Waals surface area contributed by atoms with Gasteiger partial charge in [-0.05, 0) is 19.4 Å². The molecule has 3 rings (SSSR count). The highest BCUT2D eigenvalue weighted by Crippen LogP contribution is 2.34. The second kappa shape index (κ2) is 4.48. The number of hydrogen-bond donors (Lipinski definition) is 2. The van der Waals surface area contributed by atoms with Crippen molar-refractivity contribution in [2.75, 3.05) is 5.32 Å². The summed E-state index contributed by atoms with van der Waals surface area (Å²) in [5.41, 5.74) is 2.87. The largest absolute Gasteiger partial charge is 0.478 e. The minimum Gasteiger partial charge on any atom is -0.478 e. The third kappa shape index (κ3) is 1.85. The van der Waals surface area contributed by atoms with Gasteiger partial charge in [-0.1, -0.05) is 29.8 Å². The predicted octanol–water partition coefficient (Wildman–Crippen LogP) is 1.96. The number of allylic oxidation sites excluding steroid dienone is 1. The zero-order valence-corrected chi connectivity index (χ0v) is 11.2. The van der Waals surface area contributed by atoms with Crippen LogP contribution in [0.4, 0.5) is 5.95 Å². The lowest BCUT2D eigenvalue weighted by molar-refractivity contribution is -0.133. The number of nitrogens with one attached hydrogen (secondary N) is 1. The van der Waals surface area contributed by atoms with Gasteiger partial charge in [0.15, 0.2) is 0 Å². The number of nitrogens with zero attached hydrogens (tertiary/aromatic N) is 3. The molecule has 2 aromatic rings. The first-order chi connectivity index (χ1) is 9.58. The highest BCUT2D eigenvalue weighted by Gasteiger charge is 2.32. The number of carboxylic acids is 1. The molecule has 2 heterocycles. The predicted molar refractivity (Wildman–Crippen MR) is 73.3 cm³/mol. The molecule has 1 aromatic carbocycles. The van der Waals surface area contributed by atoms with Gasteiger partial charge < -0.3 is 10.4 Å². The first-order valence-corrected chi connectivity index (χ1v) is 6.25. The number of carbonyl (C=O) groups is 1. The van der Waals surface area contributed by atoms with Crippen molar-refractivity contribution in [3.63, 3.8) is 0 Å². The minimum absolute atomic E-state index is 0.284. The average Bonchev–Trinajstić information content (AvgIpc) is 2.85. The molecule has 0 amide bonds. The van der Waals surface area contributed by atoms with E-state index in [-0.39, 0.29) is 5.57 Å². The maximum Gasteiger partial charge on any atom is 0.335 e. The Bertz CT molecular complexity index is 700. The van der Waals surface area contributed by atoms with E-state index < -0.39 is 12.0 Å². The summed E-state index contributed by atoms with van der Waals surface area (Å²) in [6, 6.07) is 7.30. The number of anilines is 1. The maximum absolute atomic E-state index is 11.6. The van der Waals surface area contributed by atoms with Crippen LogP contribution in [-0.4, -0.2) is 25.8 Å². The standard InChI is InChI=1S/C14H14N4O2/c1-8-3-5-10(6-4-8)12-11(13(19)20)9(2)17-14-15-7-16-18(12)14/h3-7,12H,1-2H3,(H,19,20)(H,15,16,17)/t12-/m1/s1. The van der Waals surface area contributed by atoms with Gasteiger partial charge in [0.1, 0.15) is 12.4 Å². The molecule has 1 atom stereocenters. The molecule has 0 bridgehead atoms. The molecular formula is C14H14N4O2. The van der Waals surface area contributed by atoms with Crippen molar-refractivity contribution in [3.05, 3.63) is 53.0 Å². The molecule has 0 unspecified atom stereocenters. The van der Waals surface area contributed by atoms with E-state index in [1.54, 1.807) is 11.6 Å². The Morgan fingerprint density at radius 2 is 2.00 bits per heavy atom. The van der Waals surface area contributed by atoms with E-state index in [0.29, 0.717) is 11.6 Å². The molecule has 2 N–H and O–H groups in total. The molecule has 102 valence electrons. The number of carboxylic acid groups (broad SMARTS) is 1. The van der Waals surface area contributed by atoms with E-state index in [0.717, 1.165) is 11.1 Å². The first-order valence-electron chi connectivity index (χ1n) is 6.25. The third-order valence-electron chi connectivity index (χ3n) is 3.42. The summed E-state index contributed by atoms with van der Waals surface area (Å²) in [7, 11) is 0. The van der Waals surface area contributed by atoms with Crippen LogP contribution in [0.2, 0.25) is 0 Å². The summed E-state index contributed by atoms with van der Waals surface area (Å²) in [5.74, 6) is -0.403. The number of fused-ring (bicyclic) bond motifs is 1. The van der Waals surface area contributed by atoms with Crippen LogP contribution in [-0.2, 0) is 4.79 Å². The molecule has 6 heteroatoms. The SMILES string of the molecule is CC1=C(C(=O)O)[C@@H](c2ccc(C)cc2)n2ncnc2N1. The van der Waals surface area contributed by atoms with E-state index >= 15 is 0 Å². The summed E-state index contributed by atoms with van der Waals surface area (Å²) in [6.45, 7) is 3.73. The lowest BCUT2D eigenvalue weighted by Crippen LogP contribution is -2.28. The van der Waals surface area contributed by atoms with Crippen molar-refractivity contribution in [1.29, 1.82) is 0 Å². The Hall–Kier alpha value is -2.63. The molecule has 0 saturated heterocycles. The fourth-order valence-electron chi connectivity index (χ4n) is 2.42. The number of aryl methyl sites for hydroxylation is 1. The molecule has 0 aliphatic carbocycles. The second-order valence-corrected chi connectivity index (χ2v) is 4.81. The fraction of sp³-hybridized carbons (Fsp3) is 0.214. The van der Waals surface area contributed by atoms with Crippen molar-refractivity contribution in [3.8, 4) is 0 Å². The van der Waals surface area contributed by atoms with Crippen molar-refractivity contribution >= 4 is 11.9 Å². The highest BCUT2D eigenvalue weighted by atomic mass is 16.4. The Morgan fingerprint density at radius 3 is 2.65 bits per heavy atom. The normalized spacial score (nSPS) is 17.6. The Labute approximate surface area is 115 Å². The Morgan fingerprint density at radius 1 is 1.30 bits per heavy atom. The van der Waals surface area contributed by atoms with Crippen molar-refractivity contribution in [2.45, 2.75) is 19.9 Å². The van der Waals surface area contributed by atoms with Crippen LogP contribution in [0.25, 0.3) is 0 Å². The molecule has 0 saturated carbocycles. The van der Waals surface area contributed by atoms with Crippen molar-refractivity contribution in [1.82, 2.24) is 14.8 Å². The maximum atomic E-state index is 11.6. The second-order valence-electron chi connectivity index (χ2n) is 4.81. The van der Waals surface area contributed by atoms with E-state index in [9.17, 15) is 9.90 Å². The fourth-order valence-corrected chi connectivity index (χ4v) is 2.42. The van der Waals surface area contributed by atoms with Gasteiger partial charge in [-0.15, -0.1) is 0 Å². The molecule has 0 fully saturated rings. The molecule has 6 nitrogen and oxygen atoms in total. The average molecular weight is 270 g/mol. The van der Waals surface area contributed by atoms with Crippen molar-refractivity contribution in [2.24, 2.45) is 0 Å². The summed E-state index contributed by atoms with van der Waals surface area (Å²) in [4.78, 5) is 15.7. The van der Waals surface area contributed by atoms with Crippen LogP contribution >= 0.6 is 0 Å². The van der Waals surface area contributed by atoms with E-state index in [1.165, 1.54) is 6.33 Å². The van der Waals surface area contributed by atoms with Crippen LogP contribution in [0, 0.1) is 6.92 Å². The summed E-state index contributed by atoms with van der Waals surface area (Å²) in [6.07, 6.45) is 1.42. The molecule has 1 aliphatic heterocycles. The van der Waals surface area contributed by atoms with Crippen LogP contribution in [0.15, 0.2) is 41.9 Å². The Balaban J connectivity index is 2.19. The van der Waals surface area contributed by atoms with E-state index in [4.69, 9.17) is 0 Å². The molecule has 1 aliphatic rings. The number of aromatic nitrogens is 3. The monoisotopic (exact) mass is 270 g/mol. The zero-order valence-electron chi connectivity index (χ0n) is 11.2. The van der Waals surface area contributed by atoms with Gasteiger partial charge in [0.2, 0.25) is 5.95 Å². The molecule has 0 spiro atoms. The zero-order chi connectivity index (χ0) is 14.3. The van der Waals surface area contributed by atoms with E-state index in [1.807, 2.05) is 31.2 Å². The lowest BCUT2D eigenvalue weighted by atomic mass is 9.95. The van der Waals surface area contributed by atoms with Crippen LogP contribution in [0.3, 0.4) is 0 Å². The van der Waals surface area contributed by atoms with Gasteiger partial charge in [-0.25, -0.2) is 9.48 Å². The van der Waals surface area contributed by atoms with Crippen LogP contribution in [0.1, 0.15) is 24.1 Å². The number of rotatable bonds is 2. The van der Waals surface area contributed by atoms with Gasteiger partial charge in [0.05, 0.1) is 5.57 Å². The molecular weight excluding hydrogens is 256 g/mol. The number of hydrogen-bond acceptors (Lipinski definition) is 4. The van der Waals surface area contributed by atoms with E-state index in [2.05, 4.69) is 15.4 Å². The van der Waals surface area contributed by atoms with Gasteiger partial charge >= 0.3 is 5.97 Å². The number of benzene rings is 1. The first kappa shape index (κ1) is 12.4. The molecule has 0 radical (unpaired) electrons. The summed E-state index contributed by atoms with van der Waals surface area (Å²) in [5, 5.41) is 16.6. The Kier molecular flexibility index (Phi) is 2.78. The molecule has 20 heavy (non-hydrogen) atoms. The highest BCUT2D eigenvalue weighted by molar-refractivity contribution is 5.90. The third-order valence-corrected chi connectivity index (χ3v) is 3.42. The van der Waals surface area contributed by atoms with Gasteiger partial charge in [-0.3, -0.25) is 0 Å².